The van der Waals surface area contributed by atoms with Gasteiger partial charge in [0.1, 0.15) is 11.2 Å². The van der Waals surface area contributed by atoms with E-state index in [-0.39, 0.29) is 0 Å². The fraction of sp³-hybridized carbons (Fsp3) is 0. The minimum absolute atomic E-state index is 0.631. The van der Waals surface area contributed by atoms with Crippen molar-refractivity contribution in [2.45, 2.75) is 0 Å². The van der Waals surface area contributed by atoms with Crippen molar-refractivity contribution in [3.8, 4) is 56.4 Å². The summed E-state index contributed by atoms with van der Waals surface area (Å²) in [5, 5.41) is 2.22. The number of para-hydroxylation sites is 1. The normalized spacial score (nSPS) is 11.3. The fourth-order valence-electron chi connectivity index (χ4n) is 5.41. The van der Waals surface area contributed by atoms with Crippen LogP contribution >= 0.6 is 0 Å². The second-order valence-corrected chi connectivity index (χ2v) is 10.4. The number of pyridine rings is 1. The molecule has 43 heavy (non-hydrogen) atoms. The smallest absolute Gasteiger partial charge is 0.164 e. The predicted molar refractivity (Wildman–Crippen MR) is 172 cm³/mol. The molecule has 0 saturated carbocycles. The molecule has 5 heteroatoms. The summed E-state index contributed by atoms with van der Waals surface area (Å²) in [4.78, 5) is 19.1. The molecule has 0 aliphatic carbocycles. The monoisotopic (exact) mass is 552 g/mol. The lowest BCUT2D eigenvalue weighted by molar-refractivity contribution is 0.669. The summed E-state index contributed by atoms with van der Waals surface area (Å²) >= 11 is 0. The van der Waals surface area contributed by atoms with Gasteiger partial charge in [-0.05, 0) is 35.4 Å². The molecule has 0 radical (unpaired) electrons. The highest BCUT2D eigenvalue weighted by Gasteiger charge is 2.13. The van der Waals surface area contributed by atoms with Crippen LogP contribution in [0.2, 0.25) is 0 Å². The summed E-state index contributed by atoms with van der Waals surface area (Å²) in [6.07, 6.45) is 3.80. The van der Waals surface area contributed by atoms with Crippen LogP contribution in [0.25, 0.3) is 78.4 Å². The Labute approximate surface area is 248 Å². The van der Waals surface area contributed by atoms with Crippen molar-refractivity contribution in [1.82, 2.24) is 19.9 Å². The first kappa shape index (κ1) is 24.8. The molecule has 0 saturated heterocycles. The van der Waals surface area contributed by atoms with Gasteiger partial charge in [0.15, 0.2) is 17.5 Å². The number of hydrogen-bond donors (Lipinski definition) is 0. The molecule has 0 spiro atoms. The van der Waals surface area contributed by atoms with Gasteiger partial charge in [0.2, 0.25) is 0 Å². The largest absolute Gasteiger partial charge is 0.456 e. The number of benzene rings is 5. The average Bonchev–Trinajstić information content (AvgIpc) is 3.47. The first-order valence-corrected chi connectivity index (χ1v) is 14.1. The van der Waals surface area contributed by atoms with Gasteiger partial charge >= 0.3 is 0 Å². The third kappa shape index (κ3) is 4.73. The summed E-state index contributed by atoms with van der Waals surface area (Å²) in [6, 6.07) is 44.9. The van der Waals surface area contributed by atoms with E-state index in [2.05, 4.69) is 53.5 Å². The Morgan fingerprint density at radius 2 is 0.837 bits per heavy atom. The molecule has 0 N–H and O–H groups in total. The Balaban J connectivity index is 1.15. The number of nitrogens with zero attached hydrogens (tertiary/aromatic N) is 4. The zero-order valence-electron chi connectivity index (χ0n) is 23.1. The molecular weight excluding hydrogens is 528 g/mol. The highest BCUT2D eigenvalue weighted by molar-refractivity contribution is 6.06. The Hall–Kier alpha value is -5.94. The zero-order chi connectivity index (χ0) is 28.6. The van der Waals surface area contributed by atoms with Crippen molar-refractivity contribution in [3.63, 3.8) is 0 Å². The van der Waals surface area contributed by atoms with Crippen LogP contribution in [-0.2, 0) is 0 Å². The van der Waals surface area contributed by atoms with Gasteiger partial charge in [-0.2, -0.15) is 0 Å². The number of fused-ring (bicyclic) bond motifs is 3. The molecule has 0 aliphatic rings. The van der Waals surface area contributed by atoms with E-state index < -0.39 is 0 Å². The van der Waals surface area contributed by atoms with Crippen LogP contribution in [0.1, 0.15) is 0 Å². The molecule has 0 unspecified atom stereocenters. The Kier molecular flexibility index (Phi) is 6.05. The standard InChI is InChI=1S/C38H24N4O/c1-3-9-26(10-4-1)36-40-37(27-11-5-2-6-12-27)42-38(41-36)28-17-15-25(16-18-28)30-21-31(24-39-23-30)29-19-20-35-33(22-29)32-13-7-8-14-34(32)43-35/h1-24H. The summed E-state index contributed by atoms with van der Waals surface area (Å²) in [6.45, 7) is 0. The van der Waals surface area contributed by atoms with Crippen molar-refractivity contribution >= 4 is 21.9 Å². The van der Waals surface area contributed by atoms with E-state index in [1.807, 2.05) is 97.3 Å². The topological polar surface area (TPSA) is 64.7 Å². The van der Waals surface area contributed by atoms with Crippen LogP contribution in [0, 0.1) is 0 Å². The van der Waals surface area contributed by atoms with Crippen molar-refractivity contribution in [2.24, 2.45) is 0 Å². The summed E-state index contributed by atoms with van der Waals surface area (Å²) < 4.78 is 6.02. The van der Waals surface area contributed by atoms with Gasteiger partial charge in [-0.1, -0.05) is 109 Å². The molecule has 8 rings (SSSR count). The second kappa shape index (κ2) is 10.5. The molecule has 0 aliphatic heterocycles. The molecule has 5 aromatic carbocycles. The second-order valence-electron chi connectivity index (χ2n) is 10.4. The molecule has 3 heterocycles. The maximum atomic E-state index is 6.02. The van der Waals surface area contributed by atoms with E-state index in [0.29, 0.717) is 17.5 Å². The van der Waals surface area contributed by atoms with Crippen LogP contribution in [0.4, 0.5) is 0 Å². The summed E-state index contributed by atoms with van der Waals surface area (Å²) in [5.41, 5.74) is 8.83. The van der Waals surface area contributed by atoms with Gasteiger partial charge in [-0.15, -0.1) is 0 Å². The van der Waals surface area contributed by atoms with E-state index in [1.54, 1.807) is 0 Å². The van der Waals surface area contributed by atoms with E-state index in [1.165, 1.54) is 0 Å². The van der Waals surface area contributed by atoms with E-state index in [4.69, 9.17) is 19.4 Å². The number of rotatable bonds is 5. The van der Waals surface area contributed by atoms with Crippen molar-refractivity contribution in [1.29, 1.82) is 0 Å². The van der Waals surface area contributed by atoms with Crippen molar-refractivity contribution in [3.05, 3.63) is 146 Å². The molecule has 5 nitrogen and oxygen atoms in total. The number of hydrogen-bond acceptors (Lipinski definition) is 5. The molecule has 0 fully saturated rings. The maximum Gasteiger partial charge on any atom is 0.164 e. The summed E-state index contributed by atoms with van der Waals surface area (Å²) in [7, 11) is 0. The minimum atomic E-state index is 0.631. The van der Waals surface area contributed by atoms with Crippen LogP contribution in [0.5, 0.6) is 0 Å². The molecule has 0 bridgehead atoms. The molecule has 8 aromatic rings. The fourth-order valence-corrected chi connectivity index (χ4v) is 5.41. The van der Waals surface area contributed by atoms with E-state index in [9.17, 15) is 0 Å². The zero-order valence-corrected chi connectivity index (χ0v) is 23.1. The lowest BCUT2D eigenvalue weighted by atomic mass is 10.00. The molecular formula is C38H24N4O. The Morgan fingerprint density at radius 3 is 1.49 bits per heavy atom. The average molecular weight is 553 g/mol. The van der Waals surface area contributed by atoms with Crippen LogP contribution in [0.15, 0.2) is 150 Å². The highest BCUT2D eigenvalue weighted by atomic mass is 16.3. The SMILES string of the molecule is c1ccc(-c2nc(-c3ccccc3)nc(-c3ccc(-c4cncc(-c5ccc6oc7ccccc7c6c5)c4)cc3)n2)cc1. The first-order chi connectivity index (χ1) is 21.3. The van der Waals surface area contributed by atoms with Gasteiger partial charge in [-0.25, -0.2) is 15.0 Å². The van der Waals surface area contributed by atoms with Crippen LogP contribution in [-0.4, -0.2) is 19.9 Å². The number of aromatic nitrogens is 4. The van der Waals surface area contributed by atoms with Gasteiger partial charge in [0.25, 0.3) is 0 Å². The quantitative estimate of drug-likeness (QED) is 0.213. The minimum Gasteiger partial charge on any atom is -0.456 e. The van der Waals surface area contributed by atoms with Gasteiger partial charge < -0.3 is 4.42 Å². The highest BCUT2D eigenvalue weighted by Crippen LogP contribution is 2.34. The first-order valence-electron chi connectivity index (χ1n) is 14.1. The molecule has 0 atom stereocenters. The van der Waals surface area contributed by atoms with Crippen LogP contribution in [0.3, 0.4) is 0 Å². The third-order valence-electron chi connectivity index (χ3n) is 7.62. The molecule has 0 amide bonds. The van der Waals surface area contributed by atoms with E-state index in [0.717, 1.165) is 60.9 Å². The number of furan rings is 1. The van der Waals surface area contributed by atoms with Gasteiger partial charge in [-0.3, -0.25) is 4.98 Å². The molecule has 3 aromatic heterocycles. The predicted octanol–water partition coefficient (Wildman–Crippen LogP) is 9.50. The van der Waals surface area contributed by atoms with Gasteiger partial charge in [0.05, 0.1) is 0 Å². The van der Waals surface area contributed by atoms with Crippen LogP contribution < -0.4 is 0 Å². The Bertz CT molecular complexity index is 2170. The van der Waals surface area contributed by atoms with Crippen molar-refractivity contribution in [2.75, 3.05) is 0 Å². The summed E-state index contributed by atoms with van der Waals surface area (Å²) in [5.74, 6) is 1.92. The van der Waals surface area contributed by atoms with Crippen molar-refractivity contribution < 1.29 is 4.42 Å². The lowest BCUT2D eigenvalue weighted by Crippen LogP contribution is -2.00. The van der Waals surface area contributed by atoms with E-state index >= 15 is 0 Å². The maximum absolute atomic E-state index is 6.02. The Morgan fingerprint density at radius 1 is 0.349 bits per heavy atom. The third-order valence-corrected chi connectivity index (χ3v) is 7.62. The van der Waals surface area contributed by atoms with Gasteiger partial charge in [0, 0.05) is 51.0 Å². The molecule has 202 valence electrons. The lowest BCUT2D eigenvalue weighted by Gasteiger charge is -2.09.